The Morgan fingerprint density at radius 1 is 1.30 bits per heavy atom. The molecule has 1 atom stereocenters. The summed E-state index contributed by atoms with van der Waals surface area (Å²) in [6.45, 7) is 6.53. The number of carbonyl (C=O) groups is 1. The van der Waals surface area contributed by atoms with Crippen molar-refractivity contribution in [3.8, 4) is 11.5 Å². The van der Waals surface area contributed by atoms with Gasteiger partial charge in [0.15, 0.2) is 11.5 Å². The highest BCUT2D eigenvalue weighted by atomic mass is 16.5. The van der Waals surface area contributed by atoms with Gasteiger partial charge in [0.05, 0.1) is 19.6 Å². The number of benzene rings is 1. The number of aliphatic carboxylic acids is 1. The summed E-state index contributed by atoms with van der Waals surface area (Å²) in [4.78, 5) is 11.3. The Bertz CT molecular complexity index is 440. The lowest BCUT2D eigenvalue weighted by atomic mass is 9.89. The summed E-state index contributed by atoms with van der Waals surface area (Å²) in [7, 11) is 1.59. The molecule has 0 aliphatic heterocycles. The quantitative estimate of drug-likeness (QED) is 0.793. The molecule has 1 aromatic carbocycles. The zero-order valence-corrected chi connectivity index (χ0v) is 12.7. The van der Waals surface area contributed by atoms with Gasteiger partial charge in [-0.05, 0) is 36.5 Å². The fraction of sp³-hybridized carbons (Fsp3) is 0.562. The molecule has 0 radical (unpaired) electrons. The highest BCUT2D eigenvalue weighted by molar-refractivity contribution is 5.70. The molecule has 112 valence electrons. The Labute approximate surface area is 120 Å². The van der Waals surface area contributed by atoms with E-state index in [4.69, 9.17) is 9.47 Å². The SMILES string of the molecule is CCCOc1ccc(CC(C(=O)O)C(C)C)cc1OC. The molecule has 1 aromatic rings. The van der Waals surface area contributed by atoms with Gasteiger partial charge < -0.3 is 14.6 Å². The van der Waals surface area contributed by atoms with Gasteiger partial charge in [0.1, 0.15) is 0 Å². The molecule has 4 nitrogen and oxygen atoms in total. The molecule has 0 aliphatic carbocycles. The first kappa shape index (κ1) is 16.3. The molecule has 0 heterocycles. The number of methoxy groups -OCH3 is 1. The Hall–Kier alpha value is -1.71. The third-order valence-corrected chi connectivity index (χ3v) is 3.27. The van der Waals surface area contributed by atoms with Gasteiger partial charge in [0.2, 0.25) is 0 Å². The lowest BCUT2D eigenvalue weighted by Crippen LogP contribution is -2.22. The predicted octanol–water partition coefficient (Wildman–Crippen LogP) is 3.38. The van der Waals surface area contributed by atoms with E-state index in [2.05, 4.69) is 0 Å². The molecule has 0 saturated heterocycles. The second-order valence-electron chi connectivity index (χ2n) is 5.23. The summed E-state index contributed by atoms with van der Waals surface area (Å²) in [5.41, 5.74) is 0.951. The van der Waals surface area contributed by atoms with Gasteiger partial charge in [-0.1, -0.05) is 26.8 Å². The van der Waals surface area contributed by atoms with Gasteiger partial charge in [-0.25, -0.2) is 0 Å². The van der Waals surface area contributed by atoms with Gasteiger partial charge in [-0.2, -0.15) is 0 Å². The van der Waals surface area contributed by atoms with Crippen molar-refractivity contribution in [3.05, 3.63) is 23.8 Å². The third kappa shape index (κ3) is 4.44. The summed E-state index contributed by atoms with van der Waals surface area (Å²) >= 11 is 0. The molecule has 0 spiro atoms. The van der Waals surface area contributed by atoms with E-state index in [0.717, 1.165) is 12.0 Å². The first-order chi connectivity index (χ1) is 9.49. The van der Waals surface area contributed by atoms with Crippen LogP contribution in [0.3, 0.4) is 0 Å². The normalized spacial score (nSPS) is 12.2. The van der Waals surface area contributed by atoms with E-state index in [-0.39, 0.29) is 11.8 Å². The largest absolute Gasteiger partial charge is 0.493 e. The maximum atomic E-state index is 11.3. The molecule has 0 bridgehead atoms. The van der Waals surface area contributed by atoms with Gasteiger partial charge in [0.25, 0.3) is 0 Å². The number of carboxylic acids is 1. The molecule has 0 aromatic heterocycles. The summed E-state index contributed by atoms with van der Waals surface area (Å²) in [6.07, 6.45) is 1.43. The molecular formula is C16H24O4. The second kappa shape index (κ2) is 7.78. The van der Waals surface area contributed by atoms with Gasteiger partial charge in [-0.15, -0.1) is 0 Å². The van der Waals surface area contributed by atoms with Crippen molar-refractivity contribution in [2.45, 2.75) is 33.6 Å². The standard InChI is InChI=1S/C16H24O4/c1-5-8-20-14-7-6-12(10-15(14)19-4)9-13(11(2)3)16(17)18/h6-7,10-11,13H,5,8-9H2,1-4H3,(H,17,18). The lowest BCUT2D eigenvalue weighted by molar-refractivity contribution is -0.143. The van der Waals surface area contributed by atoms with E-state index < -0.39 is 5.97 Å². The molecule has 0 fully saturated rings. The highest BCUT2D eigenvalue weighted by Crippen LogP contribution is 2.30. The van der Waals surface area contributed by atoms with Crippen LogP contribution < -0.4 is 9.47 Å². The van der Waals surface area contributed by atoms with Crippen LogP contribution in [0.25, 0.3) is 0 Å². The summed E-state index contributed by atoms with van der Waals surface area (Å²) in [6, 6.07) is 5.62. The average Bonchev–Trinajstić information content (AvgIpc) is 2.42. The fourth-order valence-corrected chi connectivity index (χ4v) is 2.03. The van der Waals surface area contributed by atoms with Crippen molar-refractivity contribution in [3.63, 3.8) is 0 Å². The van der Waals surface area contributed by atoms with Crippen molar-refractivity contribution in [1.29, 1.82) is 0 Å². The van der Waals surface area contributed by atoms with Crippen molar-refractivity contribution in [1.82, 2.24) is 0 Å². The minimum Gasteiger partial charge on any atom is -0.493 e. The van der Waals surface area contributed by atoms with E-state index >= 15 is 0 Å². The monoisotopic (exact) mass is 280 g/mol. The van der Waals surface area contributed by atoms with Crippen LogP contribution in [0, 0.1) is 11.8 Å². The van der Waals surface area contributed by atoms with E-state index in [1.54, 1.807) is 7.11 Å². The fourth-order valence-electron chi connectivity index (χ4n) is 2.03. The topological polar surface area (TPSA) is 55.8 Å². The number of hydrogen-bond donors (Lipinski definition) is 1. The Balaban J connectivity index is 2.89. The van der Waals surface area contributed by atoms with Crippen molar-refractivity contribution in [2.75, 3.05) is 13.7 Å². The van der Waals surface area contributed by atoms with Crippen molar-refractivity contribution in [2.24, 2.45) is 11.8 Å². The second-order valence-corrected chi connectivity index (χ2v) is 5.23. The van der Waals surface area contributed by atoms with Gasteiger partial charge in [0, 0.05) is 0 Å². The van der Waals surface area contributed by atoms with Gasteiger partial charge in [-0.3, -0.25) is 4.79 Å². The molecule has 20 heavy (non-hydrogen) atoms. The molecule has 0 aliphatic rings. The van der Waals surface area contributed by atoms with E-state index in [9.17, 15) is 9.90 Å². The molecular weight excluding hydrogens is 256 g/mol. The van der Waals surface area contributed by atoms with Crippen LogP contribution >= 0.6 is 0 Å². The molecule has 4 heteroatoms. The van der Waals surface area contributed by atoms with Crippen LogP contribution in [0.2, 0.25) is 0 Å². The van der Waals surface area contributed by atoms with Gasteiger partial charge >= 0.3 is 5.97 Å². The molecule has 1 N–H and O–H groups in total. The maximum Gasteiger partial charge on any atom is 0.307 e. The first-order valence-corrected chi connectivity index (χ1v) is 7.02. The minimum atomic E-state index is -0.759. The molecule has 0 amide bonds. The third-order valence-electron chi connectivity index (χ3n) is 3.27. The van der Waals surface area contributed by atoms with Crippen LogP contribution in [0.15, 0.2) is 18.2 Å². The minimum absolute atomic E-state index is 0.0921. The molecule has 0 saturated carbocycles. The molecule has 1 rings (SSSR count). The zero-order valence-electron chi connectivity index (χ0n) is 12.7. The smallest absolute Gasteiger partial charge is 0.307 e. The number of carboxylic acid groups (broad SMARTS) is 1. The maximum absolute atomic E-state index is 11.3. The predicted molar refractivity (Wildman–Crippen MR) is 78.4 cm³/mol. The Morgan fingerprint density at radius 3 is 2.50 bits per heavy atom. The van der Waals surface area contributed by atoms with E-state index in [1.165, 1.54) is 0 Å². The number of ether oxygens (including phenoxy) is 2. The van der Waals surface area contributed by atoms with Crippen LogP contribution in [0.4, 0.5) is 0 Å². The lowest BCUT2D eigenvalue weighted by Gasteiger charge is -2.17. The van der Waals surface area contributed by atoms with E-state index in [0.29, 0.717) is 24.5 Å². The number of rotatable bonds is 8. The van der Waals surface area contributed by atoms with E-state index in [1.807, 2.05) is 39.0 Å². The van der Waals surface area contributed by atoms with Crippen LogP contribution in [0.1, 0.15) is 32.8 Å². The molecule has 1 unspecified atom stereocenters. The summed E-state index contributed by atoms with van der Waals surface area (Å²) in [5, 5.41) is 9.25. The highest BCUT2D eigenvalue weighted by Gasteiger charge is 2.22. The summed E-state index contributed by atoms with van der Waals surface area (Å²) < 4.78 is 10.9. The van der Waals surface area contributed by atoms with Crippen LogP contribution in [0.5, 0.6) is 11.5 Å². The van der Waals surface area contributed by atoms with Crippen molar-refractivity contribution >= 4 is 5.97 Å². The number of hydrogen-bond acceptors (Lipinski definition) is 3. The Kier molecular flexibility index (Phi) is 6.36. The van der Waals surface area contributed by atoms with Crippen LogP contribution in [-0.2, 0) is 11.2 Å². The first-order valence-electron chi connectivity index (χ1n) is 7.02. The zero-order chi connectivity index (χ0) is 15.1. The van der Waals surface area contributed by atoms with Crippen molar-refractivity contribution < 1.29 is 19.4 Å². The average molecular weight is 280 g/mol. The van der Waals surface area contributed by atoms with Crippen LogP contribution in [-0.4, -0.2) is 24.8 Å². The summed E-state index contributed by atoms with van der Waals surface area (Å²) in [5.74, 6) is 0.306. The Morgan fingerprint density at radius 2 is 2.00 bits per heavy atom.